The van der Waals surface area contributed by atoms with Crippen molar-refractivity contribution in [3.8, 4) is 0 Å². The first kappa shape index (κ1) is 12.0. The van der Waals surface area contributed by atoms with Crippen LogP contribution in [0.5, 0.6) is 0 Å². The van der Waals surface area contributed by atoms with Crippen molar-refractivity contribution in [2.45, 2.75) is 59.8 Å². The quantitative estimate of drug-likeness (QED) is 0.528. The minimum Gasteiger partial charge on any atom is -0.0654 e. The molecule has 0 amide bonds. The van der Waals surface area contributed by atoms with Crippen molar-refractivity contribution in [2.24, 2.45) is 11.8 Å². The molecule has 0 aliphatic heterocycles. The maximum Gasteiger partial charge on any atom is -0.0355 e. The van der Waals surface area contributed by atoms with Crippen LogP contribution in [0.4, 0.5) is 0 Å². The van der Waals surface area contributed by atoms with Crippen molar-refractivity contribution in [3.05, 3.63) is 6.42 Å². The van der Waals surface area contributed by atoms with E-state index in [-0.39, 0.29) is 0 Å². The second-order valence-electron chi connectivity index (χ2n) is 4.10. The van der Waals surface area contributed by atoms with Gasteiger partial charge in [-0.05, 0) is 24.7 Å². The smallest absolute Gasteiger partial charge is 0.0355 e. The van der Waals surface area contributed by atoms with Crippen molar-refractivity contribution in [3.63, 3.8) is 0 Å². The van der Waals surface area contributed by atoms with E-state index in [0.29, 0.717) is 0 Å². The normalized spacial score (nSPS) is 16.0. The van der Waals surface area contributed by atoms with E-state index in [4.69, 9.17) is 0 Å². The van der Waals surface area contributed by atoms with E-state index in [0.717, 1.165) is 11.8 Å². The van der Waals surface area contributed by atoms with Gasteiger partial charge in [-0.1, -0.05) is 53.4 Å². The zero-order valence-corrected chi connectivity index (χ0v) is 9.27. The summed E-state index contributed by atoms with van der Waals surface area (Å²) < 4.78 is 0. The van der Waals surface area contributed by atoms with Crippen LogP contribution in [0.3, 0.4) is 0 Å². The lowest BCUT2D eigenvalue weighted by molar-refractivity contribution is 0.483. The first-order chi connectivity index (χ1) is 5.70. The molecule has 1 radical (unpaired) electrons. The molecule has 0 heterocycles. The largest absolute Gasteiger partial charge is 0.0654 e. The van der Waals surface area contributed by atoms with Crippen LogP contribution in [0.1, 0.15) is 59.8 Å². The third-order valence-corrected chi connectivity index (χ3v) is 2.65. The molecule has 0 aromatic heterocycles. The molecular formula is C12H25. The lowest BCUT2D eigenvalue weighted by Crippen LogP contribution is -2.00. The van der Waals surface area contributed by atoms with Crippen LogP contribution in [-0.2, 0) is 0 Å². The van der Waals surface area contributed by atoms with Gasteiger partial charge in [-0.25, -0.2) is 0 Å². The molecule has 0 aromatic carbocycles. The second kappa shape index (κ2) is 7.64. The summed E-state index contributed by atoms with van der Waals surface area (Å²) in [5.74, 6) is 1.72. The second-order valence-corrected chi connectivity index (χ2v) is 4.10. The van der Waals surface area contributed by atoms with Crippen molar-refractivity contribution < 1.29 is 0 Å². The van der Waals surface area contributed by atoms with Gasteiger partial charge >= 0.3 is 0 Å². The molecule has 2 unspecified atom stereocenters. The monoisotopic (exact) mass is 169 g/mol. The molecule has 0 N–H and O–H groups in total. The highest BCUT2D eigenvalue weighted by atomic mass is 14.1. The maximum atomic E-state index is 2.50. The number of hydrogen-bond donors (Lipinski definition) is 0. The van der Waals surface area contributed by atoms with Crippen LogP contribution in [-0.4, -0.2) is 0 Å². The Labute approximate surface area is 78.8 Å². The topological polar surface area (TPSA) is 0 Å². The van der Waals surface area contributed by atoms with E-state index >= 15 is 0 Å². The molecule has 0 heteroatoms. The van der Waals surface area contributed by atoms with E-state index in [1.165, 1.54) is 32.1 Å². The summed E-state index contributed by atoms with van der Waals surface area (Å²) >= 11 is 0. The minimum atomic E-state index is 0.832. The zero-order chi connectivity index (χ0) is 9.40. The Morgan fingerprint density at radius 1 is 1.17 bits per heavy atom. The average Bonchev–Trinajstić information content (AvgIpc) is 2.10. The summed E-state index contributed by atoms with van der Waals surface area (Å²) in [7, 11) is 0. The molecule has 0 bridgehead atoms. The summed E-state index contributed by atoms with van der Waals surface area (Å²) in [5, 5.41) is 0. The summed E-state index contributed by atoms with van der Waals surface area (Å²) in [4.78, 5) is 0. The Hall–Kier alpha value is 0. The Bertz CT molecular complexity index is 86.0. The zero-order valence-electron chi connectivity index (χ0n) is 9.27. The van der Waals surface area contributed by atoms with Crippen LogP contribution in [0.25, 0.3) is 0 Å². The third kappa shape index (κ3) is 6.69. The van der Waals surface area contributed by atoms with E-state index in [2.05, 4.69) is 34.1 Å². The fraction of sp³-hybridized carbons (Fsp3) is 0.917. The minimum absolute atomic E-state index is 0.832. The Morgan fingerprint density at radius 2 is 1.83 bits per heavy atom. The molecule has 2 atom stereocenters. The van der Waals surface area contributed by atoms with Crippen LogP contribution >= 0.6 is 0 Å². The Kier molecular flexibility index (Phi) is 7.64. The Balaban J connectivity index is 3.24. The molecule has 0 spiro atoms. The fourth-order valence-electron chi connectivity index (χ4n) is 1.28. The molecule has 0 nitrogen and oxygen atoms in total. The highest BCUT2D eigenvalue weighted by molar-refractivity contribution is 4.74. The van der Waals surface area contributed by atoms with Crippen molar-refractivity contribution in [2.75, 3.05) is 0 Å². The van der Waals surface area contributed by atoms with Crippen LogP contribution < -0.4 is 0 Å². The molecule has 0 fully saturated rings. The first-order valence-electron chi connectivity index (χ1n) is 5.54. The van der Waals surface area contributed by atoms with Crippen molar-refractivity contribution in [1.82, 2.24) is 0 Å². The third-order valence-electron chi connectivity index (χ3n) is 2.65. The predicted octanol–water partition coefficient (Wildman–Crippen LogP) is 4.45. The van der Waals surface area contributed by atoms with Gasteiger partial charge in [0.2, 0.25) is 0 Å². The molecule has 0 aromatic rings. The van der Waals surface area contributed by atoms with Gasteiger partial charge in [-0.2, -0.15) is 0 Å². The first-order valence-corrected chi connectivity index (χ1v) is 5.54. The summed E-state index contributed by atoms with van der Waals surface area (Å²) in [5.41, 5.74) is 0. The summed E-state index contributed by atoms with van der Waals surface area (Å²) in [6.07, 6.45) is 9.23. The molecule has 73 valence electrons. The highest BCUT2D eigenvalue weighted by Crippen LogP contribution is 2.17. The lowest BCUT2D eigenvalue weighted by atomic mass is 9.93. The molecule has 0 saturated heterocycles. The average molecular weight is 169 g/mol. The SMILES string of the molecule is CCCCC(C)[CH]CC(C)CC. The van der Waals surface area contributed by atoms with Crippen LogP contribution in [0.15, 0.2) is 0 Å². The summed E-state index contributed by atoms with van der Waals surface area (Å²) in [6, 6.07) is 0. The van der Waals surface area contributed by atoms with Gasteiger partial charge < -0.3 is 0 Å². The van der Waals surface area contributed by atoms with E-state index in [1.54, 1.807) is 0 Å². The van der Waals surface area contributed by atoms with Gasteiger partial charge in [0.25, 0.3) is 0 Å². The van der Waals surface area contributed by atoms with Gasteiger partial charge in [-0.3, -0.25) is 0 Å². The molecule has 0 aliphatic rings. The fourth-order valence-corrected chi connectivity index (χ4v) is 1.28. The van der Waals surface area contributed by atoms with Gasteiger partial charge in [-0.15, -0.1) is 0 Å². The molecular weight excluding hydrogens is 144 g/mol. The van der Waals surface area contributed by atoms with E-state index in [1.807, 2.05) is 0 Å². The Morgan fingerprint density at radius 3 is 2.33 bits per heavy atom. The van der Waals surface area contributed by atoms with E-state index < -0.39 is 0 Å². The van der Waals surface area contributed by atoms with Crippen molar-refractivity contribution in [1.29, 1.82) is 0 Å². The number of hydrogen-bond acceptors (Lipinski definition) is 0. The highest BCUT2D eigenvalue weighted by Gasteiger charge is 2.04. The van der Waals surface area contributed by atoms with Crippen LogP contribution in [0, 0.1) is 18.3 Å². The summed E-state index contributed by atoms with van der Waals surface area (Å²) in [6.45, 7) is 9.22. The number of rotatable bonds is 7. The predicted molar refractivity (Wildman–Crippen MR) is 57.1 cm³/mol. The maximum absolute atomic E-state index is 2.50. The molecule has 0 rings (SSSR count). The van der Waals surface area contributed by atoms with Gasteiger partial charge in [0.15, 0.2) is 0 Å². The number of unbranched alkanes of at least 4 members (excludes halogenated alkanes) is 1. The van der Waals surface area contributed by atoms with Crippen molar-refractivity contribution >= 4 is 0 Å². The molecule has 0 saturated carbocycles. The van der Waals surface area contributed by atoms with Crippen LogP contribution in [0.2, 0.25) is 0 Å². The standard InChI is InChI=1S/C12H25/c1-5-7-8-12(4)10-9-11(3)6-2/h10-12H,5-9H2,1-4H3. The van der Waals surface area contributed by atoms with Gasteiger partial charge in [0, 0.05) is 0 Å². The molecule has 0 aliphatic carbocycles. The molecule has 12 heavy (non-hydrogen) atoms. The van der Waals surface area contributed by atoms with Gasteiger partial charge in [0.1, 0.15) is 0 Å². The van der Waals surface area contributed by atoms with E-state index in [9.17, 15) is 0 Å². The van der Waals surface area contributed by atoms with Gasteiger partial charge in [0.05, 0.1) is 0 Å². The lowest BCUT2D eigenvalue weighted by Gasteiger charge is -2.13.